The Kier molecular flexibility index (Phi) is 3.03. The fourth-order valence-electron chi connectivity index (χ4n) is 1.53. The van der Waals surface area contributed by atoms with Crippen molar-refractivity contribution >= 4 is 5.91 Å². The molecule has 0 aliphatic carbocycles. The second kappa shape index (κ2) is 4.46. The van der Waals surface area contributed by atoms with E-state index in [0.717, 1.165) is 5.76 Å². The van der Waals surface area contributed by atoms with Crippen molar-refractivity contribution in [1.82, 2.24) is 4.90 Å². The maximum absolute atomic E-state index is 11.5. The zero-order valence-corrected chi connectivity index (χ0v) is 8.26. The van der Waals surface area contributed by atoms with Gasteiger partial charge in [-0.3, -0.25) is 4.79 Å². The van der Waals surface area contributed by atoms with Gasteiger partial charge in [-0.25, -0.2) is 0 Å². The molecule has 1 fully saturated rings. The molecule has 5 nitrogen and oxygen atoms in total. The molecule has 1 N–H and O–H groups in total. The Bertz CT molecular complexity index is 322. The van der Waals surface area contributed by atoms with E-state index < -0.39 is 0 Å². The molecule has 1 atom stereocenters. The fourth-order valence-corrected chi connectivity index (χ4v) is 1.53. The largest absolute Gasteiger partial charge is 0.467 e. The van der Waals surface area contributed by atoms with Crippen LogP contribution in [0.4, 0.5) is 0 Å². The normalized spacial score (nSPS) is 22.1. The Morgan fingerprint density at radius 3 is 3.13 bits per heavy atom. The van der Waals surface area contributed by atoms with Crippen LogP contribution in [0, 0.1) is 0 Å². The monoisotopic (exact) mass is 211 g/mol. The lowest BCUT2D eigenvalue weighted by atomic mass is 10.2. The van der Waals surface area contributed by atoms with E-state index in [4.69, 9.17) is 14.3 Å². The third-order valence-corrected chi connectivity index (χ3v) is 2.35. The van der Waals surface area contributed by atoms with Crippen LogP contribution in [-0.4, -0.2) is 41.8 Å². The van der Waals surface area contributed by atoms with Gasteiger partial charge in [0.2, 0.25) is 5.91 Å². The molecule has 0 spiro atoms. The molecule has 1 amide bonds. The van der Waals surface area contributed by atoms with Crippen molar-refractivity contribution in [2.45, 2.75) is 12.6 Å². The number of ether oxygens (including phenoxy) is 1. The zero-order chi connectivity index (χ0) is 10.7. The van der Waals surface area contributed by atoms with Crippen molar-refractivity contribution in [3.05, 3.63) is 24.2 Å². The average molecular weight is 211 g/mol. The second-order valence-electron chi connectivity index (χ2n) is 3.47. The van der Waals surface area contributed by atoms with Crippen LogP contribution in [-0.2, 0) is 16.1 Å². The highest BCUT2D eigenvalue weighted by molar-refractivity contribution is 5.78. The van der Waals surface area contributed by atoms with Crippen LogP contribution in [0.1, 0.15) is 5.76 Å². The van der Waals surface area contributed by atoms with Gasteiger partial charge in [-0.1, -0.05) is 0 Å². The summed E-state index contributed by atoms with van der Waals surface area (Å²) >= 11 is 0. The molecule has 0 saturated carbocycles. The van der Waals surface area contributed by atoms with Gasteiger partial charge in [0.15, 0.2) is 0 Å². The van der Waals surface area contributed by atoms with Gasteiger partial charge < -0.3 is 19.2 Å². The Hall–Kier alpha value is -1.33. The Morgan fingerprint density at radius 1 is 1.60 bits per heavy atom. The predicted octanol–water partition coefficient (Wildman–Crippen LogP) is -0.000700. The highest BCUT2D eigenvalue weighted by Gasteiger charge is 2.26. The topological polar surface area (TPSA) is 62.9 Å². The van der Waals surface area contributed by atoms with Crippen molar-refractivity contribution in [2.75, 3.05) is 19.8 Å². The standard InChI is InChI=1S/C10H13NO4/c12-6-9-5-11(10(13)7-15-9)4-8-2-1-3-14-8/h1-3,9,12H,4-7H2. The quantitative estimate of drug-likeness (QED) is 0.764. The summed E-state index contributed by atoms with van der Waals surface area (Å²) in [6.45, 7) is 0.815. The number of nitrogens with zero attached hydrogens (tertiary/aromatic N) is 1. The number of furan rings is 1. The Balaban J connectivity index is 1.97. The molecule has 2 heterocycles. The summed E-state index contributed by atoms with van der Waals surface area (Å²) < 4.78 is 10.3. The van der Waals surface area contributed by atoms with Crippen LogP contribution in [0.2, 0.25) is 0 Å². The number of carbonyl (C=O) groups excluding carboxylic acids is 1. The molecule has 0 aromatic carbocycles. The molecule has 82 valence electrons. The van der Waals surface area contributed by atoms with Gasteiger partial charge in [-0.05, 0) is 12.1 Å². The second-order valence-corrected chi connectivity index (χ2v) is 3.47. The van der Waals surface area contributed by atoms with Gasteiger partial charge >= 0.3 is 0 Å². The van der Waals surface area contributed by atoms with E-state index in [2.05, 4.69) is 0 Å². The summed E-state index contributed by atoms with van der Waals surface area (Å²) in [5.74, 6) is 0.665. The molecular weight excluding hydrogens is 198 g/mol. The van der Waals surface area contributed by atoms with Crippen LogP contribution in [0.15, 0.2) is 22.8 Å². The molecule has 2 rings (SSSR count). The first-order chi connectivity index (χ1) is 7.29. The summed E-state index contributed by atoms with van der Waals surface area (Å²) in [5, 5.41) is 8.93. The van der Waals surface area contributed by atoms with E-state index >= 15 is 0 Å². The maximum Gasteiger partial charge on any atom is 0.249 e. The molecule has 1 aliphatic rings. The van der Waals surface area contributed by atoms with Gasteiger partial charge in [0, 0.05) is 6.54 Å². The van der Waals surface area contributed by atoms with Gasteiger partial charge in [0.1, 0.15) is 12.4 Å². The third kappa shape index (κ3) is 2.37. The molecule has 0 bridgehead atoms. The zero-order valence-electron chi connectivity index (χ0n) is 8.26. The molecule has 1 saturated heterocycles. The number of morpholine rings is 1. The summed E-state index contributed by atoms with van der Waals surface area (Å²) in [5.41, 5.74) is 0. The van der Waals surface area contributed by atoms with Crippen LogP contribution in [0.25, 0.3) is 0 Å². The molecule has 15 heavy (non-hydrogen) atoms. The van der Waals surface area contributed by atoms with Crippen molar-refractivity contribution in [3.8, 4) is 0 Å². The number of hydrogen-bond donors (Lipinski definition) is 1. The van der Waals surface area contributed by atoms with Gasteiger partial charge in [0.05, 0.1) is 25.5 Å². The van der Waals surface area contributed by atoms with Crippen molar-refractivity contribution in [2.24, 2.45) is 0 Å². The van der Waals surface area contributed by atoms with Gasteiger partial charge in [0.25, 0.3) is 0 Å². The van der Waals surface area contributed by atoms with E-state index in [1.54, 1.807) is 17.2 Å². The lowest BCUT2D eigenvalue weighted by molar-refractivity contribution is -0.152. The minimum absolute atomic E-state index is 0.0337. The average Bonchev–Trinajstić information content (AvgIpc) is 2.74. The lowest BCUT2D eigenvalue weighted by Crippen LogP contribution is -2.47. The number of hydrogen-bond acceptors (Lipinski definition) is 4. The fraction of sp³-hybridized carbons (Fsp3) is 0.500. The maximum atomic E-state index is 11.5. The number of aliphatic hydroxyl groups is 1. The Morgan fingerprint density at radius 2 is 2.47 bits per heavy atom. The molecule has 1 aromatic heterocycles. The Labute approximate surface area is 87.2 Å². The van der Waals surface area contributed by atoms with E-state index in [-0.39, 0.29) is 25.2 Å². The smallest absolute Gasteiger partial charge is 0.249 e. The molecular formula is C10H13NO4. The molecule has 1 aliphatic heterocycles. The number of carbonyl (C=O) groups is 1. The highest BCUT2D eigenvalue weighted by atomic mass is 16.5. The molecule has 0 radical (unpaired) electrons. The van der Waals surface area contributed by atoms with E-state index in [1.165, 1.54) is 0 Å². The number of aliphatic hydroxyl groups excluding tert-OH is 1. The first-order valence-corrected chi connectivity index (χ1v) is 4.82. The van der Waals surface area contributed by atoms with Crippen molar-refractivity contribution in [1.29, 1.82) is 0 Å². The summed E-state index contributed by atoms with van der Waals surface area (Å²) in [4.78, 5) is 13.1. The first-order valence-electron chi connectivity index (χ1n) is 4.82. The molecule has 5 heteroatoms. The van der Waals surface area contributed by atoms with Crippen LogP contribution in [0.3, 0.4) is 0 Å². The minimum atomic E-state index is -0.280. The number of amides is 1. The minimum Gasteiger partial charge on any atom is -0.467 e. The SMILES string of the molecule is O=C1COC(CO)CN1Cc1ccco1. The van der Waals surface area contributed by atoms with Crippen molar-refractivity contribution < 1.29 is 19.1 Å². The van der Waals surface area contributed by atoms with Gasteiger partial charge in [-0.15, -0.1) is 0 Å². The first kappa shape index (κ1) is 10.2. The van der Waals surface area contributed by atoms with Crippen LogP contribution >= 0.6 is 0 Å². The molecule has 1 unspecified atom stereocenters. The van der Waals surface area contributed by atoms with Crippen LogP contribution in [0.5, 0.6) is 0 Å². The van der Waals surface area contributed by atoms with E-state index in [1.807, 2.05) is 6.07 Å². The van der Waals surface area contributed by atoms with Crippen molar-refractivity contribution in [3.63, 3.8) is 0 Å². The highest BCUT2D eigenvalue weighted by Crippen LogP contribution is 2.11. The molecule has 1 aromatic rings. The third-order valence-electron chi connectivity index (χ3n) is 2.35. The van der Waals surface area contributed by atoms with Gasteiger partial charge in [-0.2, -0.15) is 0 Å². The van der Waals surface area contributed by atoms with E-state index in [0.29, 0.717) is 13.1 Å². The lowest BCUT2D eigenvalue weighted by Gasteiger charge is -2.31. The summed E-state index contributed by atoms with van der Waals surface area (Å²) in [6, 6.07) is 3.60. The summed E-state index contributed by atoms with van der Waals surface area (Å²) in [6.07, 6.45) is 1.29. The van der Waals surface area contributed by atoms with Crippen LogP contribution < -0.4 is 0 Å². The van der Waals surface area contributed by atoms with E-state index in [9.17, 15) is 4.79 Å². The number of rotatable bonds is 3. The summed E-state index contributed by atoms with van der Waals surface area (Å²) in [7, 11) is 0. The predicted molar refractivity (Wildman–Crippen MR) is 51.0 cm³/mol.